The van der Waals surface area contributed by atoms with Crippen molar-refractivity contribution in [1.82, 2.24) is 5.32 Å². The van der Waals surface area contributed by atoms with Crippen LogP contribution in [0.3, 0.4) is 0 Å². The third-order valence-electron chi connectivity index (χ3n) is 1.64. The van der Waals surface area contributed by atoms with Crippen LogP contribution in [-0.4, -0.2) is 25.8 Å². The van der Waals surface area contributed by atoms with Crippen LogP contribution in [0.4, 0.5) is 0 Å². The molecule has 1 rings (SSSR count). The summed E-state index contributed by atoms with van der Waals surface area (Å²) in [4.78, 5) is 0. The Balaban J connectivity index is 0.000000461. The Morgan fingerprint density at radius 3 is 2.64 bits per heavy atom. The normalized spacial score (nSPS) is 23.7. The monoisotopic (exact) mass is 159 g/mol. The lowest BCUT2D eigenvalue weighted by molar-refractivity contribution is 0.0740. The van der Waals surface area contributed by atoms with Crippen molar-refractivity contribution < 1.29 is 4.74 Å². The molecule has 1 aliphatic rings. The van der Waals surface area contributed by atoms with Crippen LogP contribution >= 0.6 is 0 Å². The van der Waals surface area contributed by atoms with Gasteiger partial charge < -0.3 is 10.1 Å². The van der Waals surface area contributed by atoms with Crippen LogP contribution in [0.1, 0.15) is 33.6 Å². The third kappa shape index (κ3) is 5.22. The van der Waals surface area contributed by atoms with Crippen molar-refractivity contribution in [1.29, 1.82) is 0 Å². The zero-order valence-electron chi connectivity index (χ0n) is 8.02. The first-order chi connectivity index (χ1) is 5.43. The van der Waals surface area contributed by atoms with Gasteiger partial charge in [-0.2, -0.15) is 0 Å². The largest absolute Gasteiger partial charge is 0.379 e. The second kappa shape index (κ2) is 8.02. The van der Waals surface area contributed by atoms with Crippen LogP contribution in [0.2, 0.25) is 0 Å². The number of nitrogens with one attached hydrogen (secondary N) is 1. The lowest BCUT2D eigenvalue weighted by Crippen LogP contribution is -2.40. The molecule has 0 bridgehead atoms. The first kappa shape index (κ1) is 10.9. The molecule has 1 saturated heterocycles. The standard InChI is InChI=1S/C7H15NO.C2H6/c1-2-3-7-6-9-5-4-8-7;1-2/h7-8H,2-6H2,1H3;1-2H3. The summed E-state index contributed by atoms with van der Waals surface area (Å²) in [6, 6.07) is 0.628. The highest BCUT2D eigenvalue weighted by Gasteiger charge is 2.10. The smallest absolute Gasteiger partial charge is 0.0620 e. The van der Waals surface area contributed by atoms with E-state index in [1.54, 1.807) is 0 Å². The second-order valence-electron chi connectivity index (χ2n) is 2.51. The Hall–Kier alpha value is -0.0800. The number of rotatable bonds is 2. The van der Waals surface area contributed by atoms with Gasteiger partial charge in [-0.25, -0.2) is 0 Å². The van der Waals surface area contributed by atoms with E-state index in [-0.39, 0.29) is 0 Å². The van der Waals surface area contributed by atoms with Crippen molar-refractivity contribution in [3.8, 4) is 0 Å². The molecule has 0 radical (unpaired) electrons. The third-order valence-corrected chi connectivity index (χ3v) is 1.64. The maximum Gasteiger partial charge on any atom is 0.0620 e. The van der Waals surface area contributed by atoms with Crippen molar-refractivity contribution in [2.45, 2.75) is 39.7 Å². The fourth-order valence-electron chi connectivity index (χ4n) is 1.15. The molecule has 1 aliphatic heterocycles. The lowest BCUT2D eigenvalue weighted by Gasteiger charge is -2.22. The molecule has 2 nitrogen and oxygen atoms in total. The van der Waals surface area contributed by atoms with Gasteiger partial charge in [0.1, 0.15) is 0 Å². The van der Waals surface area contributed by atoms with Gasteiger partial charge in [0.15, 0.2) is 0 Å². The maximum atomic E-state index is 5.27. The first-order valence-electron chi connectivity index (χ1n) is 4.74. The van der Waals surface area contributed by atoms with Crippen molar-refractivity contribution >= 4 is 0 Å². The molecule has 1 atom stereocenters. The van der Waals surface area contributed by atoms with Gasteiger partial charge >= 0.3 is 0 Å². The Labute approximate surface area is 70.3 Å². The van der Waals surface area contributed by atoms with Gasteiger partial charge in [-0.1, -0.05) is 27.2 Å². The number of hydrogen-bond donors (Lipinski definition) is 1. The van der Waals surface area contributed by atoms with E-state index in [9.17, 15) is 0 Å². The summed E-state index contributed by atoms with van der Waals surface area (Å²) in [5.74, 6) is 0. The number of hydrogen-bond acceptors (Lipinski definition) is 2. The summed E-state index contributed by atoms with van der Waals surface area (Å²) >= 11 is 0. The quantitative estimate of drug-likeness (QED) is 0.663. The van der Waals surface area contributed by atoms with Gasteiger partial charge in [0.05, 0.1) is 13.2 Å². The molecular weight excluding hydrogens is 138 g/mol. The lowest BCUT2D eigenvalue weighted by atomic mass is 10.2. The van der Waals surface area contributed by atoms with Gasteiger partial charge in [0, 0.05) is 12.6 Å². The fourth-order valence-corrected chi connectivity index (χ4v) is 1.15. The molecule has 0 aromatic heterocycles. The maximum absolute atomic E-state index is 5.27. The average Bonchev–Trinajstić information content (AvgIpc) is 2.11. The fraction of sp³-hybridized carbons (Fsp3) is 1.00. The van der Waals surface area contributed by atoms with Crippen LogP contribution in [0.25, 0.3) is 0 Å². The summed E-state index contributed by atoms with van der Waals surface area (Å²) in [6.45, 7) is 9.04. The molecule has 2 heteroatoms. The minimum atomic E-state index is 0.628. The van der Waals surface area contributed by atoms with Gasteiger partial charge in [-0.05, 0) is 6.42 Å². The van der Waals surface area contributed by atoms with E-state index in [2.05, 4.69) is 12.2 Å². The molecule has 0 spiro atoms. The molecular formula is C9H21NO. The highest BCUT2D eigenvalue weighted by atomic mass is 16.5. The Bertz CT molecular complexity index is 67.2. The van der Waals surface area contributed by atoms with E-state index in [4.69, 9.17) is 4.74 Å². The zero-order valence-corrected chi connectivity index (χ0v) is 8.02. The Kier molecular flexibility index (Phi) is 7.96. The molecule has 1 fully saturated rings. The number of ether oxygens (including phenoxy) is 1. The highest BCUT2D eigenvalue weighted by molar-refractivity contribution is 4.68. The Morgan fingerprint density at radius 1 is 1.45 bits per heavy atom. The van der Waals surface area contributed by atoms with E-state index in [1.807, 2.05) is 13.8 Å². The predicted molar refractivity (Wildman–Crippen MR) is 48.9 cm³/mol. The minimum Gasteiger partial charge on any atom is -0.379 e. The van der Waals surface area contributed by atoms with Crippen LogP contribution in [0, 0.1) is 0 Å². The van der Waals surface area contributed by atoms with Gasteiger partial charge in [-0.15, -0.1) is 0 Å². The van der Waals surface area contributed by atoms with E-state index < -0.39 is 0 Å². The minimum absolute atomic E-state index is 0.628. The molecule has 0 aromatic rings. The topological polar surface area (TPSA) is 21.3 Å². The van der Waals surface area contributed by atoms with Crippen molar-refractivity contribution in [3.05, 3.63) is 0 Å². The molecule has 1 N–H and O–H groups in total. The van der Waals surface area contributed by atoms with E-state index in [0.717, 1.165) is 19.8 Å². The van der Waals surface area contributed by atoms with Crippen LogP contribution in [-0.2, 0) is 4.74 Å². The molecule has 1 unspecified atom stereocenters. The Morgan fingerprint density at radius 2 is 2.18 bits per heavy atom. The summed E-state index contributed by atoms with van der Waals surface area (Å²) in [5, 5.41) is 3.40. The number of morpholine rings is 1. The first-order valence-corrected chi connectivity index (χ1v) is 4.74. The van der Waals surface area contributed by atoms with Crippen molar-refractivity contribution in [2.24, 2.45) is 0 Å². The van der Waals surface area contributed by atoms with Crippen LogP contribution < -0.4 is 5.32 Å². The van der Waals surface area contributed by atoms with E-state index in [0.29, 0.717) is 6.04 Å². The van der Waals surface area contributed by atoms with E-state index >= 15 is 0 Å². The van der Waals surface area contributed by atoms with Gasteiger partial charge in [-0.3, -0.25) is 0 Å². The van der Waals surface area contributed by atoms with Crippen LogP contribution in [0.15, 0.2) is 0 Å². The van der Waals surface area contributed by atoms with Gasteiger partial charge in [0.2, 0.25) is 0 Å². The molecule has 0 amide bonds. The summed E-state index contributed by atoms with van der Waals surface area (Å²) in [6.07, 6.45) is 2.50. The second-order valence-corrected chi connectivity index (χ2v) is 2.51. The average molecular weight is 159 g/mol. The molecule has 0 saturated carbocycles. The highest BCUT2D eigenvalue weighted by Crippen LogP contribution is 1.99. The van der Waals surface area contributed by atoms with Crippen molar-refractivity contribution in [2.75, 3.05) is 19.8 Å². The molecule has 0 aromatic carbocycles. The predicted octanol–water partition coefficient (Wildman–Crippen LogP) is 1.80. The zero-order chi connectivity index (χ0) is 8.53. The summed E-state index contributed by atoms with van der Waals surface area (Å²) < 4.78 is 5.27. The summed E-state index contributed by atoms with van der Waals surface area (Å²) in [5.41, 5.74) is 0. The molecule has 1 heterocycles. The SMILES string of the molecule is CC.CCCC1COCCN1. The van der Waals surface area contributed by atoms with E-state index in [1.165, 1.54) is 12.8 Å². The summed E-state index contributed by atoms with van der Waals surface area (Å²) in [7, 11) is 0. The molecule has 11 heavy (non-hydrogen) atoms. The van der Waals surface area contributed by atoms with Gasteiger partial charge in [0.25, 0.3) is 0 Å². The van der Waals surface area contributed by atoms with Crippen LogP contribution in [0.5, 0.6) is 0 Å². The molecule has 0 aliphatic carbocycles. The van der Waals surface area contributed by atoms with Crippen molar-refractivity contribution in [3.63, 3.8) is 0 Å². The molecule has 68 valence electrons.